The van der Waals surface area contributed by atoms with Crippen LogP contribution in [-0.4, -0.2) is 72.5 Å². The van der Waals surface area contributed by atoms with Gasteiger partial charge in [-0.2, -0.15) is 0 Å². The number of nitro groups is 3. The zero-order valence-corrected chi connectivity index (χ0v) is 19.5. The van der Waals surface area contributed by atoms with Crippen molar-refractivity contribution in [3.63, 3.8) is 0 Å². The summed E-state index contributed by atoms with van der Waals surface area (Å²) in [4.78, 5) is 50.3. The Kier molecular flexibility index (Phi) is 7.03. The monoisotopic (exact) mass is 488 g/mol. The minimum absolute atomic E-state index is 0.0340. The van der Waals surface area contributed by atoms with Crippen LogP contribution in [0.15, 0.2) is 30.3 Å². The summed E-state index contributed by atoms with van der Waals surface area (Å²) < 4.78 is 5.34. The minimum Gasteiger partial charge on any atom is -0.496 e. The van der Waals surface area contributed by atoms with Gasteiger partial charge in [0.05, 0.1) is 33.5 Å². The van der Waals surface area contributed by atoms with Crippen molar-refractivity contribution in [3.05, 3.63) is 66.2 Å². The maximum Gasteiger partial charge on any atom is 0.299 e. The van der Waals surface area contributed by atoms with Crippen molar-refractivity contribution in [2.75, 3.05) is 50.6 Å². The highest BCUT2D eigenvalue weighted by Gasteiger charge is 2.34. The summed E-state index contributed by atoms with van der Waals surface area (Å²) >= 11 is 0. The van der Waals surface area contributed by atoms with E-state index < -0.39 is 32.1 Å². The molecular formula is C21H24N6O8. The van der Waals surface area contributed by atoms with Gasteiger partial charge in [-0.25, -0.2) is 0 Å². The number of anilines is 2. The number of ether oxygens (including phenoxy) is 1. The molecule has 0 aliphatic carbocycles. The first-order valence-electron chi connectivity index (χ1n) is 10.5. The topological polar surface area (TPSA) is 165 Å². The van der Waals surface area contributed by atoms with Crippen molar-refractivity contribution in [2.45, 2.75) is 13.0 Å². The lowest BCUT2D eigenvalue weighted by molar-refractivity contribution is -0.393. The first-order valence-corrected chi connectivity index (χ1v) is 10.5. The molecule has 14 heteroatoms. The molecule has 0 aromatic heterocycles. The third kappa shape index (κ3) is 4.90. The first-order chi connectivity index (χ1) is 16.5. The van der Waals surface area contributed by atoms with Gasteiger partial charge in [0.25, 0.3) is 23.0 Å². The molecule has 1 saturated heterocycles. The Balaban J connectivity index is 1.90. The van der Waals surface area contributed by atoms with E-state index in [1.165, 1.54) is 36.3 Å². The maximum absolute atomic E-state index is 13.3. The van der Waals surface area contributed by atoms with Crippen LogP contribution < -0.4 is 14.5 Å². The van der Waals surface area contributed by atoms with Crippen molar-refractivity contribution >= 4 is 34.3 Å². The van der Waals surface area contributed by atoms with Gasteiger partial charge >= 0.3 is 0 Å². The van der Waals surface area contributed by atoms with Crippen LogP contribution in [0.1, 0.15) is 17.3 Å². The molecule has 1 amide bonds. The molecule has 14 nitrogen and oxygen atoms in total. The van der Waals surface area contributed by atoms with E-state index in [1.807, 2.05) is 0 Å². The van der Waals surface area contributed by atoms with Crippen LogP contribution in [0.3, 0.4) is 0 Å². The van der Waals surface area contributed by atoms with E-state index in [1.54, 1.807) is 30.8 Å². The van der Waals surface area contributed by atoms with Crippen LogP contribution in [0.2, 0.25) is 0 Å². The lowest BCUT2D eigenvalue weighted by atomic mass is 10.1. The number of carbonyl (C=O) groups excluding carboxylic acids is 1. The van der Waals surface area contributed by atoms with Crippen molar-refractivity contribution < 1.29 is 24.3 Å². The van der Waals surface area contributed by atoms with E-state index in [0.29, 0.717) is 0 Å². The van der Waals surface area contributed by atoms with Gasteiger partial charge in [0, 0.05) is 58.0 Å². The van der Waals surface area contributed by atoms with Gasteiger partial charge in [-0.15, -0.1) is 0 Å². The quantitative estimate of drug-likeness (QED) is 0.418. The Morgan fingerprint density at radius 2 is 1.66 bits per heavy atom. The van der Waals surface area contributed by atoms with Crippen LogP contribution >= 0.6 is 0 Å². The summed E-state index contributed by atoms with van der Waals surface area (Å²) in [5, 5.41) is 34.2. The zero-order valence-electron chi connectivity index (χ0n) is 19.5. The molecule has 2 aromatic carbocycles. The second-order valence-corrected chi connectivity index (χ2v) is 8.17. The van der Waals surface area contributed by atoms with E-state index >= 15 is 0 Å². The Morgan fingerprint density at radius 3 is 2.17 bits per heavy atom. The van der Waals surface area contributed by atoms with Gasteiger partial charge < -0.3 is 19.4 Å². The van der Waals surface area contributed by atoms with E-state index in [2.05, 4.69) is 0 Å². The van der Waals surface area contributed by atoms with Gasteiger partial charge in [0.15, 0.2) is 0 Å². The number of benzene rings is 2. The summed E-state index contributed by atoms with van der Waals surface area (Å²) in [6.07, 6.45) is 0. The number of rotatable bonds is 7. The summed E-state index contributed by atoms with van der Waals surface area (Å²) in [6.45, 7) is 2.31. The van der Waals surface area contributed by atoms with Gasteiger partial charge in [0.1, 0.15) is 17.1 Å². The highest BCUT2D eigenvalue weighted by atomic mass is 16.6. The maximum atomic E-state index is 13.3. The number of nitro benzene ring substituents is 3. The number of methoxy groups -OCH3 is 1. The number of nitrogens with zero attached hydrogens (tertiary/aromatic N) is 6. The lowest BCUT2D eigenvalue weighted by Crippen LogP contribution is -2.54. The van der Waals surface area contributed by atoms with Crippen LogP contribution in [0, 0.1) is 30.3 Å². The van der Waals surface area contributed by atoms with Crippen LogP contribution in [-0.2, 0) is 0 Å². The van der Waals surface area contributed by atoms with E-state index in [0.717, 1.165) is 6.07 Å². The summed E-state index contributed by atoms with van der Waals surface area (Å²) in [6, 6.07) is 5.69. The molecule has 0 saturated carbocycles. The lowest BCUT2D eigenvalue weighted by Gasteiger charge is -2.41. The second kappa shape index (κ2) is 9.79. The van der Waals surface area contributed by atoms with Gasteiger partial charge in [-0.3, -0.25) is 35.1 Å². The third-order valence-electron chi connectivity index (χ3n) is 5.80. The van der Waals surface area contributed by atoms with Crippen molar-refractivity contribution in [1.29, 1.82) is 0 Å². The Hall–Kier alpha value is -4.49. The Bertz CT molecular complexity index is 1200. The predicted molar refractivity (Wildman–Crippen MR) is 126 cm³/mol. The molecule has 0 N–H and O–H groups in total. The molecule has 1 aliphatic rings. The first kappa shape index (κ1) is 25.1. The Labute approximate surface area is 199 Å². The molecule has 1 aliphatic heterocycles. The fraction of sp³-hybridized carbons (Fsp3) is 0.381. The zero-order chi connectivity index (χ0) is 26.0. The fourth-order valence-corrected chi connectivity index (χ4v) is 4.08. The summed E-state index contributed by atoms with van der Waals surface area (Å²) in [5.74, 6) is -0.287. The standard InChI is InChI=1S/C21H24N6O8/c1-13-12-23(7-8-24(13)16-6-5-14(25(29)30)9-18(16)26(31)32)21(28)15-10-19(27(33)34)17(22(2)3)11-20(15)35-4/h5-6,9-11,13H,7-8,12H2,1-4H3/t13-/m1/s1. The van der Waals surface area contributed by atoms with Crippen molar-refractivity contribution in [3.8, 4) is 5.75 Å². The number of non-ortho nitro benzene ring substituents is 1. The van der Waals surface area contributed by atoms with E-state index in [9.17, 15) is 35.1 Å². The summed E-state index contributed by atoms with van der Waals surface area (Å²) in [7, 11) is 4.65. The van der Waals surface area contributed by atoms with Crippen LogP contribution in [0.25, 0.3) is 0 Å². The Morgan fingerprint density at radius 1 is 1.00 bits per heavy atom. The van der Waals surface area contributed by atoms with Crippen LogP contribution in [0.5, 0.6) is 5.75 Å². The van der Waals surface area contributed by atoms with Gasteiger partial charge in [-0.1, -0.05) is 0 Å². The number of amides is 1. The fourth-order valence-electron chi connectivity index (χ4n) is 4.08. The molecule has 3 rings (SSSR count). The molecule has 2 aromatic rings. The number of piperazine rings is 1. The molecule has 1 atom stereocenters. The SMILES string of the molecule is COc1cc(N(C)C)c([N+](=O)[O-])cc1C(=O)N1CCN(c2ccc([N+](=O)[O-])cc2[N+](=O)[O-])[C@H](C)C1. The molecular weight excluding hydrogens is 464 g/mol. The van der Waals surface area contributed by atoms with Gasteiger partial charge in [-0.05, 0) is 13.0 Å². The molecule has 0 radical (unpaired) electrons. The number of carbonyl (C=O) groups is 1. The molecule has 0 spiro atoms. The normalized spacial score (nSPS) is 15.5. The van der Waals surface area contributed by atoms with E-state index in [4.69, 9.17) is 4.74 Å². The number of hydrogen-bond donors (Lipinski definition) is 0. The smallest absolute Gasteiger partial charge is 0.299 e. The third-order valence-corrected chi connectivity index (χ3v) is 5.80. The minimum atomic E-state index is -0.703. The molecule has 0 bridgehead atoms. The molecule has 186 valence electrons. The number of hydrogen-bond acceptors (Lipinski definition) is 10. The second-order valence-electron chi connectivity index (χ2n) is 8.17. The van der Waals surface area contributed by atoms with Crippen molar-refractivity contribution in [2.24, 2.45) is 0 Å². The van der Waals surface area contributed by atoms with Crippen molar-refractivity contribution in [1.82, 2.24) is 4.90 Å². The van der Waals surface area contributed by atoms with Gasteiger partial charge in [0.2, 0.25) is 0 Å². The van der Waals surface area contributed by atoms with E-state index in [-0.39, 0.29) is 54.1 Å². The highest BCUT2D eigenvalue weighted by molar-refractivity contribution is 5.99. The molecule has 35 heavy (non-hydrogen) atoms. The largest absolute Gasteiger partial charge is 0.496 e. The average Bonchev–Trinajstić information content (AvgIpc) is 2.81. The van der Waals surface area contributed by atoms with Crippen LogP contribution in [0.4, 0.5) is 28.4 Å². The molecule has 1 fully saturated rings. The average molecular weight is 488 g/mol. The summed E-state index contributed by atoms with van der Waals surface area (Å²) in [5.41, 5.74) is -0.505. The highest BCUT2D eigenvalue weighted by Crippen LogP contribution is 2.37. The molecule has 1 heterocycles. The molecule has 0 unspecified atom stereocenters. The predicted octanol–water partition coefficient (Wildman–Crippen LogP) is 2.84.